The maximum Gasteiger partial charge on any atom is 0.123 e. The lowest BCUT2D eigenvalue weighted by Crippen LogP contribution is -2.00. The van der Waals surface area contributed by atoms with Crippen LogP contribution in [0.2, 0.25) is 0 Å². The monoisotopic (exact) mass is 323 g/mol. The summed E-state index contributed by atoms with van der Waals surface area (Å²) in [5.41, 5.74) is 1.84. The van der Waals surface area contributed by atoms with Crippen LogP contribution in [0.4, 0.5) is 4.39 Å². The summed E-state index contributed by atoms with van der Waals surface area (Å²) in [7, 11) is -0.995. The van der Waals surface area contributed by atoms with Crippen LogP contribution in [0.25, 0.3) is 0 Å². The van der Waals surface area contributed by atoms with Crippen LogP contribution >= 0.6 is 11.3 Å². The molecule has 0 N–H and O–H groups in total. The topological polar surface area (TPSA) is 30.0 Å². The van der Waals surface area contributed by atoms with Crippen LogP contribution in [0, 0.1) is 5.82 Å². The third-order valence-corrected chi connectivity index (χ3v) is 6.15. The second kappa shape index (κ2) is 6.79. The molecule has 21 heavy (non-hydrogen) atoms. The second-order valence-electron chi connectivity index (χ2n) is 5.51. The Morgan fingerprint density at radius 1 is 1.19 bits per heavy atom. The first-order valence-corrected chi connectivity index (χ1v) is 9.61. The predicted molar refractivity (Wildman–Crippen MR) is 85.3 cm³/mol. The fourth-order valence-electron chi connectivity index (χ4n) is 2.73. The van der Waals surface area contributed by atoms with E-state index in [0.29, 0.717) is 17.4 Å². The van der Waals surface area contributed by atoms with Crippen LogP contribution < -0.4 is 0 Å². The molecule has 0 spiro atoms. The van der Waals surface area contributed by atoms with Crippen molar-refractivity contribution < 1.29 is 8.60 Å². The van der Waals surface area contributed by atoms with E-state index < -0.39 is 10.8 Å². The SMILES string of the molecule is O=S(Cc1ccc(F)cc1)Cc1csc(C2CCCC2)n1. The Morgan fingerprint density at radius 3 is 2.62 bits per heavy atom. The van der Waals surface area contributed by atoms with Gasteiger partial charge >= 0.3 is 0 Å². The Hall–Kier alpha value is -1.07. The second-order valence-corrected chi connectivity index (χ2v) is 7.86. The van der Waals surface area contributed by atoms with Crippen molar-refractivity contribution in [2.24, 2.45) is 0 Å². The normalized spacial score (nSPS) is 17.2. The predicted octanol–water partition coefficient (Wildman–Crippen LogP) is 4.39. The summed E-state index contributed by atoms with van der Waals surface area (Å²) >= 11 is 1.70. The molecule has 1 aliphatic rings. The summed E-state index contributed by atoms with van der Waals surface area (Å²) in [5, 5.41) is 3.25. The van der Waals surface area contributed by atoms with Crippen LogP contribution in [0.15, 0.2) is 29.6 Å². The fraction of sp³-hybridized carbons (Fsp3) is 0.438. The minimum atomic E-state index is -0.995. The molecule has 1 heterocycles. The van der Waals surface area contributed by atoms with Gasteiger partial charge in [-0.25, -0.2) is 9.37 Å². The van der Waals surface area contributed by atoms with Crippen molar-refractivity contribution >= 4 is 22.1 Å². The van der Waals surface area contributed by atoms with E-state index in [-0.39, 0.29) is 5.82 Å². The third kappa shape index (κ3) is 3.98. The molecule has 3 rings (SSSR count). The quantitative estimate of drug-likeness (QED) is 0.817. The van der Waals surface area contributed by atoms with Crippen LogP contribution in [-0.2, 0) is 22.3 Å². The number of benzene rings is 1. The summed E-state index contributed by atoms with van der Waals surface area (Å²) in [6, 6.07) is 6.21. The van der Waals surface area contributed by atoms with E-state index in [1.807, 2.05) is 5.38 Å². The molecule has 1 saturated carbocycles. The van der Waals surface area contributed by atoms with Gasteiger partial charge in [-0.05, 0) is 30.5 Å². The van der Waals surface area contributed by atoms with E-state index in [1.54, 1.807) is 23.5 Å². The molecular weight excluding hydrogens is 305 g/mol. The Morgan fingerprint density at radius 2 is 1.90 bits per heavy atom. The van der Waals surface area contributed by atoms with Crippen molar-refractivity contribution in [2.75, 3.05) is 0 Å². The Balaban J connectivity index is 1.58. The molecule has 1 atom stereocenters. The van der Waals surface area contributed by atoms with E-state index in [9.17, 15) is 8.60 Å². The minimum Gasteiger partial charge on any atom is -0.259 e. The average molecular weight is 323 g/mol. The van der Waals surface area contributed by atoms with Gasteiger partial charge in [-0.1, -0.05) is 25.0 Å². The number of hydrogen-bond donors (Lipinski definition) is 0. The molecule has 1 unspecified atom stereocenters. The molecule has 5 heteroatoms. The van der Waals surface area contributed by atoms with Gasteiger partial charge in [0.1, 0.15) is 5.82 Å². The summed E-state index contributed by atoms with van der Waals surface area (Å²) < 4.78 is 25.0. The summed E-state index contributed by atoms with van der Waals surface area (Å²) in [6.07, 6.45) is 5.09. The zero-order chi connectivity index (χ0) is 14.7. The highest BCUT2D eigenvalue weighted by molar-refractivity contribution is 7.83. The Kier molecular flexibility index (Phi) is 4.80. The molecule has 0 saturated heterocycles. The molecule has 1 aliphatic carbocycles. The maximum atomic E-state index is 12.8. The van der Waals surface area contributed by atoms with Crippen LogP contribution in [0.5, 0.6) is 0 Å². The largest absolute Gasteiger partial charge is 0.259 e. The lowest BCUT2D eigenvalue weighted by molar-refractivity contribution is 0.627. The molecule has 2 aromatic rings. The Bertz CT molecular complexity index is 617. The molecule has 0 radical (unpaired) electrons. The van der Waals surface area contributed by atoms with E-state index in [1.165, 1.54) is 42.8 Å². The van der Waals surface area contributed by atoms with Crippen molar-refractivity contribution in [3.63, 3.8) is 0 Å². The van der Waals surface area contributed by atoms with Crippen molar-refractivity contribution in [2.45, 2.75) is 43.1 Å². The van der Waals surface area contributed by atoms with Gasteiger partial charge in [0.15, 0.2) is 0 Å². The lowest BCUT2D eigenvalue weighted by Gasteiger charge is -2.03. The average Bonchev–Trinajstić information content (AvgIpc) is 3.12. The smallest absolute Gasteiger partial charge is 0.123 e. The molecule has 1 aromatic heterocycles. The zero-order valence-electron chi connectivity index (χ0n) is 11.8. The first-order chi connectivity index (χ1) is 10.2. The van der Waals surface area contributed by atoms with Crippen LogP contribution in [0.1, 0.15) is 47.9 Å². The minimum absolute atomic E-state index is 0.259. The van der Waals surface area contributed by atoms with Crippen LogP contribution in [-0.4, -0.2) is 9.19 Å². The lowest BCUT2D eigenvalue weighted by atomic mass is 10.1. The number of hydrogen-bond acceptors (Lipinski definition) is 3. The van der Waals surface area contributed by atoms with Crippen LogP contribution in [0.3, 0.4) is 0 Å². The molecule has 0 aliphatic heterocycles. The van der Waals surface area contributed by atoms with Crippen molar-refractivity contribution in [3.8, 4) is 0 Å². The standard InChI is InChI=1S/C16H18FNOS2/c17-14-7-5-12(6-8-14)10-21(19)11-15-9-20-16(18-15)13-3-1-2-4-13/h5-9,13H,1-4,10-11H2. The highest BCUT2D eigenvalue weighted by Gasteiger charge is 2.20. The number of rotatable bonds is 5. The van der Waals surface area contributed by atoms with E-state index >= 15 is 0 Å². The molecular formula is C16H18FNOS2. The van der Waals surface area contributed by atoms with E-state index in [0.717, 1.165) is 11.3 Å². The molecule has 2 nitrogen and oxygen atoms in total. The maximum absolute atomic E-state index is 12.8. The number of halogens is 1. The van der Waals surface area contributed by atoms with Gasteiger partial charge in [0.05, 0.1) is 16.5 Å². The number of nitrogens with zero attached hydrogens (tertiary/aromatic N) is 1. The zero-order valence-corrected chi connectivity index (χ0v) is 13.4. The van der Waals surface area contributed by atoms with Gasteiger partial charge in [-0.2, -0.15) is 0 Å². The number of aromatic nitrogens is 1. The van der Waals surface area contributed by atoms with Gasteiger partial charge in [0.25, 0.3) is 0 Å². The van der Waals surface area contributed by atoms with Crippen molar-refractivity contribution in [3.05, 3.63) is 51.7 Å². The summed E-state index contributed by atoms with van der Waals surface area (Å²) in [6.45, 7) is 0. The van der Waals surface area contributed by atoms with Crippen molar-refractivity contribution in [1.82, 2.24) is 4.98 Å². The molecule has 112 valence electrons. The molecule has 0 bridgehead atoms. The third-order valence-electron chi connectivity index (χ3n) is 3.82. The highest BCUT2D eigenvalue weighted by atomic mass is 32.2. The molecule has 1 fully saturated rings. The van der Waals surface area contributed by atoms with Crippen molar-refractivity contribution in [1.29, 1.82) is 0 Å². The van der Waals surface area contributed by atoms with Gasteiger partial charge in [0.2, 0.25) is 0 Å². The molecule has 0 amide bonds. The van der Waals surface area contributed by atoms with Gasteiger partial charge in [-0.15, -0.1) is 11.3 Å². The molecule has 1 aromatic carbocycles. The summed E-state index contributed by atoms with van der Waals surface area (Å²) in [5.74, 6) is 1.30. The summed E-state index contributed by atoms with van der Waals surface area (Å²) in [4.78, 5) is 4.65. The van der Waals surface area contributed by atoms with Gasteiger partial charge < -0.3 is 0 Å². The van der Waals surface area contributed by atoms with E-state index in [4.69, 9.17) is 0 Å². The highest BCUT2D eigenvalue weighted by Crippen LogP contribution is 2.35. The first-order valence-electron chi connectivity index (χ1n) is 7.24. The fourth-order valence-corrected chi connectivity index (χ4v) is 4.97. The first kappa shape index (κ1) is 14.9. The van der Waals surface area contributed by atoms with E-state index in [2.05, 4.69) is 4.98 Å². The Labute approximate surface area is 130 Å². The number of thiazole rings is 1. The van der Waals surface area contributed by atoms with Gasteiger partial charge in [-0.3, -0.25) is 4.21 Å². The van der Waals surface area contributed by atoms with Gasteiger partial charge in [0, 0.05) is 27.9 Å².